The molecule has 0 aliphatic heterocycles. The normalized spacial score (nSPS) is 12.2. The zero-order valence-electron chi connectivity index (χ0n) is 18.2. The standard InChI is InChI=1S/C22H27Cl2N3O4S/c1-16(22(29)25-2)26(15-17-8-4-5-11-20(17)24)21(28)12-7-13-27(32(3,30)31)19-10-6-9-18(23)14-19/h4-6,8-11,14,16H,7,12-13,15H2,1-3H3,(H,25,29). The number of likely N-dealkylation sites (N-methyl/N-ethyl adjacent to an activating group) is 1. The van der Waals surface area contributed by atoms with Crippen LogP contribution in [-0.2, 0) is 26.2 Å². The van der Waals surface area contributed by atoms with E-state index < -0.39 is 16.1 Å². The Morgan fingerprint density at radius 3 is 2.38 bits per heavy atom. The Morgan fingerprint density at radius 1 is 1.09 bits per heavy atom. The van der Waals surface area contributed by atoms with E-state index in [1.807, 2.05) is 6.07 Å². The first kappa shape index (κ1) is 26.0. The minimum atomic E-state index is -3.57. The number of sulfonamides is 1. The topological polar surface area (TPSA) is 86.8 Å². The number of hydrogen-bond acceptors (Lipinski definition) is 4. The van der Waals surface area contributed by atoms with E-state index in [4.69, 9.17) is 23.2 Å². The number of amides is 2. The Hall–Kier alpha value is -2.29. The molecule has 0 radical (unpaired) electrons. The quantitative estimate of drug-likeness (QED) is 0.539. The van der Waals surface area contributed by atoms with Crippen molar-refractivity contribution >= 4 is 50.7 Å². The maximum Gasteiger partial charge on any atom is 0.242 e. The van der Waals surface area contributed by atoms with Gasteiger partial charge in [-0.15, -0.1) is 0 Å². The van der Waals surface area contributed by atoms with Crippen LogP contribution in [0.2, 0.25) is 10.0 Å². The maximum absolute atomic E-state index is 13.1. The molecule has 1 unspecified atom stereocenters. The lowest BCUT2D eigenvalue weighted by Crippen LogP contribution is -2.46. The molecular weight excluding hydrogens is 473 g/mol. The van der Waals surface area contributed by atoms with E-state index in [-0.39, 0.29) is 37.7 Å². The molecule has 174 valence electrons. The van der Waals surface area contributed by atoms with Crippen molar-refractivity contribution in [3.8, 4) is 0 Å². The summed E-state index contributed by atoms with van der Waals surface area (Å²) in [5.74, 6) is -0.581. The third-order valence-electron chi connectivity index (χ3n) is 4.96. The van der Waals surface area contributed by atoms with Crippen molar-refractivity contribution in [2.24, 2.45) is 0 Å². The number of rotatable bonds is 10. The molecule has 0 spiro atoms. The van der Waals surface area contributed by atoms with Gasteiger partial charge in [0, 0.05) is 36.6 Å². The fourth-order valence-electron chi connectivity index (χ4n) is 3.24. The van der Waals surface area contributed by atoms with Crippen LogP contribution in [0.1, 0.15) is 25.3 Å². The molecule has 1 N–H and O–H groups in total. The fraction of sp³-hybridized carbons (Fsp3) is 0.364. The molecule has 0 bridgehead atoms. The second-order valence-electron chi connectivity index (χ2n) is 7.32. The molecule has 2 amide bonds. The maximum atomic E-state index is 13.1. The molecule has 0 heterocycles. The van der Waals surface area contributed by atoms with Crippen molar-refractivity contribution in [2.45, 2.75) is 32.4 Å². The Kier molecular flexibility index (Phi) is 9.36. The van der Waals surface area contributed by atoms with Crippen molar-refractivity contribution in [3.63, 3.8) is 0 Å². The number of benzene rings is 2. The van der Waals surface area contributed by atoms with E-state index in [0.29, 0.717) is 15.7 Å². The third kappa shape index (κ3) is 7.12. The van der Waals surface area contributed by atoms with Crippen LogP contribution < -0.4 is 9.62 Å². The van der Waals surface area contributed by atoms with Crippen LogP contribution >= 0.6 is 23.2 Å². The molecule has 0 aliphatic rings. The Morgan fingerprint density at radius 2 is 1.78 bits per heavy atom. The van der Waals surface area contributed by atoms with Gasteiger partial charge in [0.1, 0.15) is 6.04 Å². The largest absolute Gasteiger partial charge is 0.357 e. The summed E-state index contributed by atoms with van der Waals surface area (Å²) in [4.78, 5) is 26.7. The Bertz CT molecular complexity index is 1060. The van der Waals surface area contributed by atoms with Crippen LogP contribution in [-0.4, -0.2) is 51.0 Å². The monoisotopic (exact) mass is 499 g/mol. The number of nitrogens with zero attached hydrogens (tertiary/aromatic N) is 2. The van der Waals surface area contributed by atoms with Gasteiger partial charge in [-0.05, 0) is 43.2 Å². The predicted molar refractivity (Wildman–Crippen MR) is 128 cm³/mol. The van der Waals surface area contributed by atoms with Crippen molar-refractivity contribution in [1.29, 1.82) is 0 Å². The zero-order valence-corrected chi connectivity index (χ0v) is 20.5. The van der Waals surface area contributed by atoms with Crippen LogP contribution in [0.4, 0.5) is 5.69 Å². The average Bonchev–Trinajstić information content (AvgIpc) is 2.74. The molecular formula is C22H27Cl2N3O4S. The first-order chi connectivity index (χ1) is 15.0. The lowest BCUT2D eigenvalue weighted by Gasteiger charge is -2.29. The van der Waals surface area contributed by atoms with Crippen LogP contribution in [0.3, 0.4) is 0 Å². The molecule has 7 nitrogen and oxygen atoms in total. The van der Waals surface area contributed by atoms with Gasteiger partial charge in [0.25, 0.3) is 0 Å². The van der Waals surface area contributed by atoms with Crippen molar-refractivity contribution in [1.82, 2.24) is 10.2 Å². The third-order valence-corrected chi connectivity index (χ3v) is 6.76. The van der Waals surface area contributed by atoms with E-state index in [9.17, 15) is 18.0 Å². The highest BCUT2D eigenvalue weighted by Crippen LogP contribution is 2.23. The highest BCUT2D eigenvalue weighted by Gasteiger charge is 2.26. The molecule has 0 saturated carbocycles. The van der Waals surface area contributed by atoms with Crippen molar-refractivity contribution in [3.05, 3.63) is 64.1 Å². The van der Waals surface area contributed by atoms with E-state index in [2.05, 4.69) is 5.32 Å². The van der Waals surface area contributed by atoms with Gasteiger partial charge in [-0.3, -0.25) is 13.9 Å². The summed E-state index contributed by atoms with van der Waals surface area (Å²) in [6.07, 6.45) is 1.42. The minimum Gasteiger partial charge on any atom is -0.357 e. The van der Waals surface area contributed by atoms with E-state index in [1.165, 1.54) is 16.3 Å². The van der Waals surface area contributed by atoms with Crippen molar-refractivity contribution in [2.75, 3.05) is 24.2 Å². The van der Waals surface area contributed by atoms with Gasteiger partial charge < -0.3 is 10.2 Å². The van der Waals surface area contributed by atoms with Crippen molar-refractivity contribution < 1.29 is 18.0 Å². The molecule has 2 aromatic rings. The number of hydrogen-bond donors (Lipinski definition) is 1. The second-order valence-corrected chi connectivity index (χ2v) is 10.1. The smallest absolute Gasteiger partial charge is 0.242 e. The molecule has 10 heteroatoms. The summed E-state index contributed by atoms with van der Waals surface area (Å²) in [6.45, 7) is 1.90. The van der Waals surface area contributed by atoms with E-state index >= 15 is 0 Å². The zero-order chi connectivity index (χ0) is 23.9. The Balaban J connectivity index is 2.15. The molecule has 0 saturated heterocycles. The summed E-state index contributed by atoms with van der Waals surface area (Å²) in [5, 5.41) is 3.47. The molecule has 32 heavy (non-hydrogen) atoms. The van der Waals surface area contributed by atoms with Gasteiger partial charge >= 0.3 is 0 Å². The fourth-order valence-corrected chi connectivity index (χ4v) is 4.57. The second kappa shape index (κ2) is 11.5. The molecule has 1 atom stereocenters. The lowest BCUT2D eigenvalue weighted by molar-refractivity contribution is -0.140. The van der Waals surface area contributed by atoms with Crippen LogP contribution in [0.5, 0.6) is 0 Å². The SMILES string of the molecule is CNC(=O)C(C)N(Cc1ccccc1Cl)C(=O)CCCN(c1cccc(Cl)c1)S(C)(=O)=O. The summed E-state index contributed by atoms with van der Waals surface area (Å²) < 4.78 is 25.8. The number of carbonyl (C=O) groups excluding carboxylic acids is 2. The van der Waals surface area contributed by atoms with Gasteiger partial charge in [-0.2, -0.15) is 0 Å². The molecule has 0 aliphatic carbocycles. The van der Waals surface area contributed by atoms with Gasteiger partial charge in [0.05, 0.1) is 11.9 Å². The van der Waals surface area contributed by atoms with E-state index in [1.54, 1.807) is 49.4 Å². The minimum absolute atomic E-state index is 0.0539. The van der Waals surface area contributed by atoms with Gasteiger partial charge in [-0.1, -0.05) is 47.5 Å². The Labute approximate surface area is 199 Å². The van der Waals surface area contributed by atoms with Crippen LogP contribution in [0, 0.1) is 0 Å². The van der Waals surface area contributed by atoms with Crippen LogP contribution in [0.25, 0.3) is 0 Å². The van der Waals surface area contributed by atoms with E-state index in [0.717, 1.165) is 11.8 Å². The summed E-state index contributed by atoms with van der Waals surface area (Å²) in [5.41, 5.74) is 1.15. The highest BCUT2D eigenvalue weighted by molar-refractivity contribution is 7.92. The molecule has 0 aromatic heterocycles. The van der Waals surface area contributed by atoms with Crippen LogP contribution in [0.15, 0.2) is 48.5 Å². The summed E-state index contributed by atoms with van der Waals surface area (Å²) >= 11 is 12.2. The number of halogens is 2. The number of carbonyl (C=O) groups is 2. The average molecular weight is 500 g/mol. The van der Waals surface area contributed by atoms with Gasteiger partial charge in [0.15, 0.2) is 0 Å². The first-order valence-electron chi connectivity index (χ1n) is 10.0. The predicted octanol–water partition coefficient (Wildman–Crippen LogP) is 3.70. The first-order valence-corrected chi connectivity index (χ1v) is 12.6. The number of anilines is 1. The lowest BCUT2D eigenvalue weighted by atomic mass is 10.1. The molecule has 0 fully saturated rings. The summed E-state index contributed by atoms with van der Waals surface area (Å²) in [6, 6.07) is 12.9. The number of nitrogens with one attached hydrogen (secondary N) is 1. The van der Waals surface area contributed by atoms with Gasteiger partial charge in [0.2, 0.25) is 21.8 Å². The highest BCUT2D eigenvalue weighted by atomic mass is 35.5. The summed E-state index contributed by atoms with van der Waals surface area (Å²) in [7, 11) is -2.07. The molecule has 2 aromatic carbocycles. The van der Waals surface area contributed by atoms with Gasteiger partial charge in [-0.25, -0.2) is 8.42 Å². The molecule has 2 rings (SSSR count).